The average molecular weight is 262 g/mol. The summed E-state index contributed by atoms with van der Waals surface area (Å²) in [6, 6.07) is 1.52. The van der Waals surface area contributed by atoms with Crippen LogP contribution in [-0.2, 0) is 0 Å². The Balaban J connectivity index is 2.42. The molecule has 1 aliphatic rings. The van der Waals surface area contributed by atoms with Gasteiger partial charge in [0.2, 0.25) is 0 Å². The van der Waals surface area contributed by atoms with Gasteiger partial charge in [-0.1, -0.05) is 11.6 Å². The SMILES string of the molecule is Nc1cc(N)c(N2CCSCC2)c(F)c1Cl. The number of hydrogen-bond donors (Lipinski definition) is 2. The van der Waals surface area contributed by atoms with E-state index in [4.69, 9.17) is 23.1 Å². The van der Waals surface area contributed by atoms with Gasteiger partial charge in [-0.2, -0.15) is 11.8 Å². The zero-order valence-corrected chi connectivity index (χ0v) is 10.2. The first-order valence-electron chi connectivity index (χ1n) is 4.97. The van der Waals surface area contributed by atoms with Gasteiger partial charge in [-0.05, 0) is 6.07 Å². The molecular formula is C10H13ClFN3S. The second kappa shape index (κ2) is 4.59. The minimum atomic E-state index is -0.508. The van der Waals surface area contributed by atoms with Crippen LogP contribution in [0.15, 0.2) is 6.07 Å². The molecule has 1 heterocycles. The smallest absolute Gasteiger partial charge is 0.169 e. The molecule has 0 unspecified atom stereocenters. The molecule has 0 saturated carbocycles. The van der Waals surface area contributed by atoms with Crippen molar-refractivity contribution in [3.8, 4) is 0 Å². The molecule has 0 radical (unpaired) electrons. The molecule has 3 nitrogen and oxygen atoms in total. The van der Waals surface area contributed by atoms with E-state index in [9.17, 15) is 4.39 Å². The fourth-order valence-corrected chi connectivity index (χ4v) is 2.81. The first-order chi connectivity index (χ1) is 7.61. The van der Waals surface area contributed by atoms with Crippen molar-refractivity contribution in [2.45, 2.75) is 0 Å². The molecule has 6 heteroatoms. The summed E-state index contributed by atoms with van der Waals surface area (Å²) in [7, 11) is 0. The van der Waals surface area contributed by atoms with Crippen molar-refractivity contribution in [2.75, 3.05) is 41.0 Å². The number of nitrogens with two attached hydrogens (primary N) is 2. The molecule has 0 amide bonds. The summed E-state index contributed by atoms with van der Waals surface area (Å²) in [4.78, 5) is 1.92. The van der Waals surface area contributed by atoms with Gasteiger partial charge in [0, 0.05) is 24.6 Å². The molecule has 0 bridgehead atoms. The van der Waals surface area contributed by atoms with E-state index >= 15 is 0 Å². The third kappa shape index (κ3) is 2.01. The minimum Gasteiger partial charge on any atom is -0.397 e. The maximum Gasteiger partial charge on any atom is 0.169 e. The molecule has 0 spiro atoms. The van der Waals surface area contributed by atoms with Crippen LogP contribution in [0.1, 0.15) is 0 Å². The van der Waals surface area contributed by atoms with Crippen LogP contribution >= 0.6 is 23.4 Å². The summed E-state index contributed by atoms with van der Waals surface area (Å²) in [5.74, 6) is 1.44. The Morgan fingerprint density at radius 1 is 1.25 bits per heavy atom. The summed E-state index contributed by atoms with van der Waals surface area (Å²) in [6.45, 7) is 1.57. The fourth-order valence-electron chi connectivity index (χ4n) is 1.77. The van der Waals surface area contributed by atoms with Crippen LogP contribution in [0.4, 0.5) is 21.5 Å². The summed E-state index contributed by atoms with van der Waals surface area (Å²) >= 11 is 7.64. The molecule has 1 saturated heterocycles. The van der Waals surface area contributed by atoms with Gasteiger partial charge in [0.15, 0.2) is 5.82 Å². The van der Waals surface area contributed by atoms with Crippen LogP contribution in [0.2, 0.25) is 5.02 Å². The Morgan fingerprint density at radius 3 is 2.50 bits per heavy atom. The Kier molecular flexibility index (Phi) is 3.35. The largest absolute Gasteiger partial charge is 0.397 e. The lowest BCUT2D eigenvalue weighted by Crippen LogP contribution is -2.33. The highest BCUT2D eigenvalue weighted by Crippen LogP contribution is 2.36. The number of thioether (sulfide) groups is 1. The Morgan fingerprint density at radius 2 is 1.88 bits per heavy atom. The molecule has 16 heavy (non-hydrogen) atoms. The van der Waals surface area contributed by atoms with E-state index in [0.29, 0.717) is 11.4 Å². The quantitative estimate of drug-likeness (QED) is 0.761. The number of hydrogen-bond acceptors (Lipinski definition) is 4. The zero-order chi connectivity index (χ0) is 11.7. The molecule has 88 valence electrons. The molecule has 0 atom stereocenters. The highest BCUT2D eigenvalue weighted by molar-refractivity contribution is 7.99. The summed E-state index contributed by atoms with van der Waals surface area (Å²) in [5.41, 5.74) is 12.3. The van der Waals surface area contributed by atoms with E-state index in [-0.39, 0.29) is 10.7 Å². The fraction of sp³-hybridized carbons (Fsp3) is 0.400. The van der Waals surface area contributed by atoms with Crippen molar-refractivity contribution in [3.05, 3.63) is 16.9 Å². The molecule has 1 aromatic rings. The van der Waals surface area contributed by atoms with Crippen molar-refractivity contribution in [3.63, 3.8) is 0 Å². The number of nitrogen functional groups attached to an aromatic ring is 2. The van der Waals surface area contributed by atoms with Gasteiger partial charge >= 0.3 is 0 Å². The first-order valence-corrected chi connectivity index (χ1v) is 6.50. The lowest BCUT2D eigenvalue weighted by atomic mass is 10.2. The van der Waals surface area contributed by atoms with Gasteiger partial charge in [-0.3, -0.25) is 0 Å². The van der Waals surface area contributed by atoms with Crippen LogP contribution in [-0.4, -0.2) is 24.6 Å². The van der Waals surface area contributed by atoms with Crippen molar-refractivity contribution >= 4 is 40.4 Å². The Bertz CT molecular complexity index is 408. The van der Waals surface area contributed by atoms with Crippen LogP contribution in [0, 0.1) is 5.82 Å². The van der Waals surface area contributed by atoms with E-state index < -0.39 is 5.82 Å². The van der Waals surface area contributed by atoms with Gasteiger partial charge in [0.05, 0.1) is 17.1 Å². The Labute approximate surface area is 103 Å². The average Bonchev–Trinajstić information content (AvgIpc) is 2.28. The molecule has 4 N–H and O–H groups in total. The van der Waals surface area contributed by atoms with Gasteiger partial charge in [0.1, 0.15) is 5.02 Å². The lowest BCUT2D eigenvalue weighted by Gasteiger charge is -2.30. The normalized spacial score (nSPS) is 16.5. The summed E-state index contributed by atoms with van der Waals surface area (Å²) in [6.07, 6.45) is 0. The third-order valence-electron chi connectivity index (χ3n) is 2.57. The maximum absolute atomic E-state index is 14.0. The highest BCUT2D eigenvalue weighted by atomic mass is 35.5. The van der Waals surface area contributed by atoms with Crippen molar-refractivity contribution in [1.29, 1.82) is 0 Å². The standard InChI is InChI=1S/C10H13ClFN3S/c11-8-6(13)5-7(14)10(9(8)12)15-1-3-16-4-2-15/h5H,1-4,13-14H2. The second-order valence-corrected chi connectivity index (χ2v) is 5.23. The van der Waals surface area contributed by atoms with Gasteiger partial charge in [0.25, 0.3) is 0 Å². The summed E-state index contributed by atoms with van der Waals surface area (Å²) in [5, 5.41) is -0.0394. The van der Waals surface area contributed by atoms with Crippen LogP contribution in [0.5, 0.6) is 0 Å². The van der Waals surface area contributed by atoms with Crippen molar-refractivity contribution < 1.29 is 4.39 Å². The van der Waals surface area contributed by atoms with Crippen molar-refractivity contribution in [1.82, 2.24) is 0 Å². The number of benzene rings is 1. The number of anilines is 3. The van der Waals surface area contributed by atoms with E-state index in [1.165, 1.54) is 6.07 Å². The topological polar surface area (TPSA) is 55.3 Å². The van der Waals surface area contributed by atoms with Crippen LogP contribution in [0.3, 0.4) is 0 Å². The molecule has 1 fully saturated rings. The molecule has 0 aliphatic carbocycles. The van der Waals surface area contributed by atoms with E-state index in [1.54, 1.807) is 0 Å². The van der Waals surface area contributed by atoms with Gasteiger partial charge in [-0.15, -0.1) is 0 Å². The van der Waals surface area contributed by atoms with E-state index in [0.717, 1.165) is 24.6 Å². The second-order valence-electron chi connectivity index (χ2n) is 3.63. The van der Waals surface area contributed by atoms with Crippen molar-refractivity contribution in [2.24, 2.45) is 0 Å². The Hall–Kier alpha value is -0.810. The van der Waals surface area contributed by atoms with Crippen LogP contribution < -0.4 is 16.4 Å². The molecule has 2 rings (SSSR count). The maximum atomic E-state index is 14.0. The lowest BCUT2D eigenvalue weighted by molar-refractivity contribution is 0.621. The number of nitrogens with zero attached hydrogens (tertiary/aromatic N) is 1. The van der Waals surface area contributed by atoms with Gasteiger partial charge in [-0.25, -0.2) is 4.39 Å². The zero-order valence-electron chi connectivity index (χ0n) is 8.67. The summed E-state index contributed by atoms with van der Waals surface area (Å²) < 4.78 is 14.0. The van der Waals surface area contributed by atoms with Gasteiger partial charge < -0.3 is 16.4 Å². The van der Waals surface area contributed by atoms with Crippen LogP contribution in [0.25, 0.3) is 0 Å². The van der Waals surface area contributed by atoms with E-state index in [2.05, 4.69) is 0 Å². The number of rotatable bonds is 1. The molecule has 1 aliphatic heterocycles. The van der Waals surface area contributed by atoms with E-state index in [1.807, 2.05) is 16.7 Å². The minimum absolute atomic E-state index is 0.0394. The monoisotopic (exact) mass is 261 g/mol. The molecular weight excluding hydrogens is 249 g/mol. The highest BCUT2D eigenvalue weighted by Gasteiger charge is 2.21. The third-order valence-corrected chi connectivity index (χ3v) is 3.89. The predicted octanol–water partition coefficient (Wildman–Crippen LogP) is 2.20. The molecule has 1 aromatic carbocycles. The molecule has 0 aromatic heterocycles. The first kappa shape index (κ1) is 11.7. The number of halogens is 2. The predicted molar refractivity (Wildman–Crippen MR) is 69.8 cm³/mol.